The lowest BCUT2D eigenvalue weighted by Crippen LogP contribution is -2.25. The predicted octanol–water partition coefficient (Wildman–Crippen LogP) is 3.86. The molecule has 1 atom stereocenters. The fourth-order valence-electron chi connectivity index (χ4n) is 2.25. The highest BCUT2D eigenvalue weighted by molar-refractivity contribution is 6.31. The Bertz CT molecular complexity index is 401. The van der Waals surface area contributed by atoms with Gasteiger partial charge >= 0.3 is 0 Å². The summed E-state index contributed by atoms with van der Waals surface area (Å²) < 4.78 is 0. The Morgan fingerprint density at radius 1 is 1.44 bits per heavy atom. The molecule has 2 nitrogen and oxygen atoms in total. The first-order valence-electron chi connectivity index (χ1n) is 6.87. The Balaban J connectivity index is 2.15. The molecule has 2 rings (SSSR count). The van der Waals surface area contributed by atoms with Gasteiger partial charge in [0.15, 0.2) is 0 Å². The molecule has 0 spiro atoms. The highest BCUT2D eigenvalue weighted by Gasteiger charge is 2.24. The maximum atomic E-state index is 6.39. The summed E-state index contributed by atoms with van der Waals surface area (Å²) in [4.78, 5) is 2.43. The first-order chi connectivity index (χ1) is 8.65. The topological polar surface area (TPSA) is 15.3 Å². The Kier molecular flexibility index (Phi) is 4.52. The number of halogens is 1. The van der Waals surface area contributed by atoms with Gasteiger partial charge in [0.05, 0.1) is 0 Å². The average Bonchev–Trinajstić information content (AvgIpc) is 3.19. The lowest BCUT2D eigenvalue weighted by molar-refractivity contribution is 0.652. The summed E-state index contributed by atoms with van der Waals surface area (Å²) in [7, 11) is 1.96. The Morgan fingerprint density at radius 2 is 2.17 bits per heavy atom. The number of nitrogens with zero attached hydrogens (tertiary/aromatic N) is 1. The third-order valence-corrected chi connectivity index (χ3v) is 4.13. The fourth-order valence-corrected chi connectivity index (χ4v) is 2.59. The molecule has 0 saturated heterocycles. The van der Waals surface area contributed by atoms with E-state index in [0.29, 0.717) is 6.04 Å². The fraction of sp³-hybridized carbons (Fsp3) is 0.600. The maximum Gasteiger partial charge on any atom is 0.0474 e. The summed E-state index contributed by atoms with van der Waals surface area (Å²) in [6, 6.07) is 6.75. The second-order valence-electron chi connectivity index (χ2n) is 5.20. The predicted molar refractivity (Wildman–Crippen MR) is 79.5 cm³/mol. The van der Waals surface area contributed by atoms with Crippen molar-refractivity contribution in [2.45, 2.75) is 32.7 Å². The lowest BCUT2D eigenvalue weighted by atomic mass is 10.1. The zero-order chi connectivity index (χ0) is 13.1. The van der Waals surface area contributed by atoms with Crippen LogP contribution < -0.4 is 10.2 Å². The van der Waals surface area contributed by atoms with Crippen LogP contribution in [0.2, 0.25) is 5.02 Å². The largest absolute Gasteiger partial charge is 0.371 e. The minimum Gasteiger partial charge on any atom is -0.371 e. The van der Waals surface area contributed by atoms with E-state index >= 15 is 0 Å². The number of hydrogen-bond acceptors (Lipinski definition) is 2. The van der Waals surface area contributed by atoms with Crippen LogP contribution >= 0.6 is 11.6 Å². The molecular weight excluding hydrogens is 244 g/mol. The van der Waals surface area contributed by atoms with Gasteiger partial charge in [0.25, 0.3) is 0 Å². The number of anilines is 1. The molecule has 1 saturated carbocycles. The van der Waals surface area contributed by atoms with Gasteiger partial charge < -0.3 is 10.2 Å². The molecule has 1 unspecified atom stereocenters. The Labute approximate surface area is 115 Å². The van der Waals surface area contributed by atoms with Gasteiger partial charge in [0.2, 0.25) is 0 Å². The van der Waals surface area contributed by atoms with E-state index < -0.39 is 0 Å². The summed E-state index contributed by atoms with van der Waals surface area (Å²) in [5.41, 5.74) is 2.42. The summed E-state index contributed by atoms with van der Waals surface area (Å²) in [5, 5.41) is 4.09. The Morgan fingerprint density at radius 3 is 2.67 bits per heavy atom. The molecule has 1 aliphatic carbocycles. The van der Waals surface area contributed by atoms with Crippen LogP contribution in [0.15, 0.2) is 18.2 Å². The van der Waals surface area contributed by atoms with Gasteiger partial charge in [-0.05, 0) is 57.4 Å². The van der Waals surface area contributed by atoms with Crippen molar-refractivity contribution in [2.24, 2.45) is 5.92 Å². The molecule has 0 amide bonds. The molecule has 1 N–H and O–H groups in total. The van der Waals surface area contributed by atoms with Crippen LogP contribution in [0, 0.1) is 5.92 Å². The van der Waals surface area contributed by atoms with Crippen LogP contribution in [-0.2, 0) is 0 Å². The van der Waals surface area contributed by atoms with E-state index in [4.69, 9.17) is 11.6 Å². The SMILES string of the molecule is CCN(CC1CC1)c1ccc(C(C)NC)c(Cl)c1. The maximum absolute atomic E-state index is 6.39. The molecule has 1 aromatic carbocycles. The molecule has 0 heterocycles. The van der Waals surface area contributed by atoms with Gasteiger partial charge in [-0.3, -0.25) is 0 Å². The van der Waals surface area contributed by atoms with E-state index in [1.54, 1.807) is 0 Å². The summed E-state index contributed by atoms with van der Waals surface area (Å²) in [5.74, 6) is 0.902. The molecule has 1 fully saturated rings. The van der Waals surface area contributed by atoms with Crippen molar-refractivity contribution in [3.05, 3.63) is 28.8 Å². The van der Waals surface area contributed by atoms with Crippen LogP contribution in [0.3, 0.4) is 0 Å². The van der Waals surface area contributed by atoms with Gasteiger partial charge in [-0.1, -0.05) is 17.7 Å². The third-order valence-electron chi connectivity index (χ3n) is 3.81. The van der Waals surface area contributed by atoms with Crippen LogP contribution in [0.5, 0.6) is 0 Å². The molecule has 1 aliphatic rings. The Hall–Kier alpha value is -0.730. The number of benzene rings is 1. The van der Waals surface area contributed by atoms with E-state index in [9.17, 15) is 0 Å². The highest BCUT2D eigenvalue weighted by atomic mass is 35.5. The third kappa shape index (κ3) is 3.18. The zero-order valence-corrected chi connectivity index (χ0v) is 12.3. The molecule has 1 aromatic rings. The highest BCUT2D eigenvalue weighted by Crippen LogP contribution is 2.33. The molecule has 0 aromatic heterocycles. The molecule has 0 radical (unpaired) electrons. The number of nitrogens with one attached hydrogen (secondary N) is 1. The van der Waals surface area contributed by atoms with E-state index in [1.807, 2.05) is 7.05 Å². The van der Waals surface area contributed by atoms with E-state index in [-0.39, 0.29) is 0 Å². The van der Waals surface area contributed by atoms with Gasteiger partial charge in [-0.25, -0.2) is 0 Å². The monoisotopic (exact) mass is 266 g/mol. The smallest absolute Gasteiger partial charge is 0.0474 e. The minimum absolute atomic E-state index is 0.296. The lowest BCUT2D eigenvalue weighted by Gasteiger charge is -2.24. The molecular formula is C15H23ClN2. The van der Waals surface area contributed by atoms with Crippen molar-refractivity contribution in [1.82, 2.24) is 5.32 Å². The first-order valence-corrected chi connectivity index (χ1v) is 7.25. The summed E-state index contributed by atoms with van der Waals surface area (Å²) in [6.07, 6.45) is 2.78. The minimum atomic E-state index is 0.296. The van der Waals surface area contributed by atoms with Crippen LogP contribution in [0.1, 0.15) is 38.3 Å². The van der Waals surface area contributed by atoms with E-state index in [0.717, 1.165) is 17.5 Å². The van der Waals surface area contributed by atoms with Crippen molar-refractivity contribution >= 4 is 17.3 Å². The molecule has 18 heavy (non-hydrogen) atoms. The molecule has 0 aliphatic heterocycles. The van der Waals surface area contributed by atoms with Crippen molar-refractivity contribution in [1.29, 1.82) is 0 Å². The normalized spacial score (nSPS) is 16.7. The molecule has 3 heteroatoms. The van der Waals surface area contributed by atoms with E-state index in [1.165, 1.54) is 30.6 Å². The van der Waals surface area contributed by atoms with Gasteiger partial charge in [0.1, 0.15) is 0 Å². The second-order valence-corrected chi connectivity index (χ2v) is 5.61. The zero-order valence-electron chi connectivity index (χ0n) is 11.5. The van der Waals surface area contributed by atoms with Crippen molar-refractivity contribution < 1.29 is 0 Å². The summed E-state index contributed by atoms with van der Waals surface area (Å²) in [6.45, 7) is 6.56. The first kappa shape index (κ1) is 13.7. The average molecular weight is 267 g/mol. The van der Waals surface area contributed by atoms with Gasteiger partial charge in [-0.15, -0.1) is 0 Å². The van der Waals surface area contributed by atoms with Crippen LogP contribution in [0.25, 0.3) is 0 Å². The molecule has 100 valence electrons. The van der Waals surface area contributed by atoms with Crippen LogP contribution in [0.4, 0.5) is 5.69 Å². The second kappa shape index (κ2) is 5.94. The quantitative estimate of drug-likeness (QED) is 0.841. The van der Waals surface area contributed by atoms with Crippen molar-refractivity contribution in [2.75, 3.05) is 25.0 Å². The van der Waals surface area contributed by atoms with Crippen molar-refractivity contribution in [3.8, 4) is 0 Å². The summed E-state index contributed by atoms with van der Waals surface area (Å²) >= 11 is 6.39. The van der Waals surface area contributed by atoms with Gasteiger partial charge in [0, 0.05) is 29.8 Å². The van der Waals surface area contributed by atoms with Crippen LogP contribution in [-0.4, -0.2) is 20.1 Å². The molecule has 0 bridgehead atoms. The van der Waals surface area contributed by atoms with Gasteiger partial charge in [-0.2, -0.15) is 0 Å². The standard InChI is InChI=1S/C15H23ClN2/c1-4-18(10-12-5-6-12)13-7-8-14(11(2)17-3)15(16)9-13/h7-9,11-12,17H,4-6,10H2,1-3H3. The number of hydrogen-bond donors (Lipinski definition) is 1. The number of rotatable bonds is 6. The van der Waals surface area contributed by atoms with Crippen molar-refractivity contribution in [3.63, 3.8) is 0 Å². The van der Waals surface area contributed by atoms with E-state index in [2.05, 4.69) is 42.3 Å².